The van der Waals surface area contributed by atoms with Crippen molar-refractivity contribution < 1.29 is 19.2 Å². The molecule has 0 spiro atoms. The molecule has 1 atom stereocenters. The maximum atomic E-state index is 12.6. The van der Waals surface area contributed by atoms with E-state index in [0.717, 1.165) is 27.3 Å². The molecule has 156 valence electrons. The molecule has 0 fully saturated rings. The van der Waals surface area contributed by atoms with E-state index in [2.05, 4.69) is 20.5 Å². The van der Waals surface area contributed by atoms with Crippen molar-refractivity contribution in [3.8, 4) is 5.75 Å². The molecule has 1 unspecified atom stereocenters. The van der Waals surface area contributed by atoms with Crippen LogP contribution in [0.3, 0.4) is 0 Å². The first-order valence-electron chi connectivity index (χ1n) is 9.58. The Kier molecular flexibility index (Phi) is 5.87. The van der Waals surface area contributed by atoms with E-state index < -0.39 is 0 Å². The molecule has 0 bridgehead atoms. The molecule has 0 amide bonds. The number of H-pyrrole nitrogens is 1. The average Bonchev–Trinajstić information content (AvgIpc) is 3.41. The zero-order valence-corrected chi connectivity index (χ0v) is 16.5. The molecule has 1 aromatic carbocycles. The number of quaternary nitrogens is 1. The van der Waals surface area contributed by atoms with E-state index in [0.29, 0.717) is 37.6 Å². The quantitative estimate of drug-likeness (QED) is 0.347. The molecule has 0 aliphatic heterocycles. The monoisotopic (exact) mass is 411 g/mol. The van der Waals surface area contributed by atoms with Crippen LogP contribution in [-0.4, -0.2) is 50.6 Å². The summed E-state index contributed by atoms with van der Waals surface area (Å²) in [6.45, 7) is 1.70. The lowest BCUT2D eigenvalue weighted by atomic mass is 10.1. The highest BCUT2D eigenvalue weighted by molar-refractivity contribution is 5.80. The first kappa shape index (κ1) is 19.8. The number of fused-ring (bicyclic) bond motifs is 1. The fraction of sp³-hybridized carbons (Fsp3) is 0.300. The molecule has 30 heavy (non-hydrogen) atoms. The van der Waals surface area contributed by atoms with Gasteiger partial charge in [-0.05, 0) is 46.8 Å². The number of benzene rings is 1. The van der Waals surface area contributed by atoms with Crippen LogP contribution in [0.5, 0.6) is 5.75 Å². The molecule has 0 aliphatic rings. The van der Waals surface area contributed by atoms with Gasteiger partial charge in [0.15, 0.2) is 0 Å². The largest absolute Gasteiger partial charge is 0.497 e. The molecule has 4 aromatic rings. The van der Waals surface area contributed by atoms with E-state index in [9.17, 15) is 9.90 Å². The molecule has 4 rings (SSSR count). The molecular formula is C20H23N6O4+. The Morgan fingerprint density at radius 2 is 2.17 bits per heavy atom. The number of hydrogen-bond donors (Lipinski definition) is 3. The topological polar surface area (TPSA) is 124 Å². The minimum absolute atomic E-state index is 0.0195. The molecule has 3 aromatic heterocycles. The zero-order chi connectivity index (χ0) is 20.9. The lowest BCUT2D eigenvalue weighted by Crippen LogP contribution is -3.10. The standard InChI is InChI=1S/C20H22N6O4/c1-29-16-4-5-18-14(10-16)9-15(20(28)21-18)11-25(6-7-27)13-19-22-23-24-26(19)12-17-3-2-8-30-17/h2-5,8-10,27H,6-7,11-13H2,1H3,(H,21,28)/p+1. The van der Waals surface area contributed by atoms with E-state index in [1.807, 2.05) is 30.3 Å². The maximum absolute atomic E-state index is 12.6. The van der Waals surface area contributed by atoms with Gasteiger partial charge in [-0.3, -0.25) is 4.79 Å². The van der Waals surface area contributed by atoms with Crippen LogP contribution in [-0.2, 0) is 19.6 Å². The van der Waals surface area contributed by atoms with E-state index in [1.165, 1.54) is 0 Å². The van der Waals surface area contributed by atoms with Crippen molar-refractivity contribution in [1.82, 2.24) is 25.2 Å². The minimum atomic E-state index is -0.154. The van der Waals surface area contributed by atoms with Crippen molar-refractivity contribution in [3.63, 3.8) is 0 Å². The Hall–Kier alpha value is -3.50. The minimum Gasteiger partial charge on any atom is -0.497 e. The predicted molar refractivity (Wildman–Crippen MR) is 107 cm³/mol. The summed E-state index contributed by atoms with van der Waals surface area (Å²) in [7, 11) is 1.60. The Labute approximate surface area is 171 Å². The normalized spacial score (nSPS) is 12.3. The molecule has 3 N–H and O–H groups in total. The molecule has 0 radical (unpaired) electrons. The van der Waals surface area contributed by atoms with Crippen LogP contribution in [0.15, 0.2) is 51.9 Å². The van der Waals surface area contributed by atoms with Gasteiger partial charge in [-0.1, -0.05) is 0 Å². The van der Waals surface area contributed by atoms with Crippen LogP contribution in [0.1, 0.15) is 17.1 Å². The summed E-state index contributed by atoms with van der Waals surface area (Å²) in [6.07, 6.45) is 1.60. The van der Waals surface area contributed by atoms with Gasteiger partial charge in [-0.2, -0.15) is 0 Å². The number of aromatic amines is 1. The second-order valence-electron chi connectivity index (χ2n) is 6.99. The highest BCUT2D eigenvalue weighted by Crippen LogP contribution is 2.18. The number of rotatable bonds is 9. The van der Waals surface area contributed by atoms with Crippen molar-refractivity contribution >= 4 is 10.9 Å². The number of aromatic nitrogens is 5. The third-order valence-electron chi connectivity index (χ3n) is 4.93. The molecule has 3 heterocycles. The highest BCUT2D eigenvalue weighted by atomic mass is 16.5. The number of nitrogens with one attached hydrogen (secondary N) is 2. The SMILES string of the molecule is COc1ccc2[nH]c(=O)c(C[NH+](CCO)Cc3nnnn3Cc3ccco3)cc2c1. The molecular weight excluding hydrogens is 388 g/mol. The van der Waals surface area contributed by atoms with Crippen molar-refractivity contribution in [2.75, 3.05) is 20.3 Å². The zero-order valence-electron chi connectivity index (χ0n) is 16.5. The van der Waals surface area contributed by atoms with Gasteiger partial charge >= 0.3 is 0 Å². The number of ether oxygens (including phenoxy) is 1. The van der Waals surface area contributed by atoms with Crippen LogP contribution in [0.2, 0.25) is 0 Å². The molecule has 0 saturated heterocycles. The van der Waals surface area contributed by atoms with Crippen molar-refractivity contribution in [1.29, 1.82) is 0 Å². The Bertz CT molecular complexity index is 1170. The molecule has 10 nitrogen and oxygen atoms in total. The van der Waals surface area contributed by atoms with E-state index in [1.54, 1.807) is 24.1 Å². The molecule has 0 aliphatic carbocycles. The lowest BCUT2D eigenvalue weighted by molar-refractivity contribution is -0.928. The van der Waals surface area contributed by atoms with Gasteiger partial charge in [-0.15, -0.1) is 5.10 Å². The number of aliphatic hydroxyl groups excluding tert-OH is 1. The summed E-state index contributed by atoms with van der Waals surface area (Å²) >= 11 is 0. The maximum Gasteiger partial charge on any atom is 0.257 e. The average molecular weight is 411 g/mol. The second-order valence-corrected chi connectivity index (χ2v) is 6.99. The van der Waals surface area contributed by atoms with Crippen molar-refractivity contribution in [3.05, 3.63) is 70.2 Å². The third-order valence-corrected chi connectivity index (χ3v) is 4.93. The number of methoxy groups -OCH3 is 1. The van der Waals surface area contributed by atoms with Crippen LogP contribution in [0, 0.1) is 0 Å². The highest BCUT2D eigenvalue weighted by Gasteiger charge is 2.18. The summed E-state index contributed by atoms with van der Waals surface area (Å²) in [4.78, 5) is 16.5. The number of aliphatic hydroxyl groups is 1. The summed E-state index contributed by atoms with van der Waals surface area (Å²) in [5.41, 5.74) is 1.21. The molecule has 0 saturated carbocycles. The van der Waals surface area contributed by atoms with Gasteiger partial charge in [0, 0.05) is 10.9 Å². The van der Waals surface area contributed by atoms with E-state index in [4.69, 9.17) is 9.15 Å². The fourth-order valence-electron chi connectivity index (χ4n) is 3.40. The van der Waals surface area contributed by atoms with Gasteiger partial charge in [0.1, 0.15) is 37.7 Å². The van der Waals surface area contributed by atoms with Gasteiger partial charge in [0.05, 0.1) is 25.5 Å². The number of tetrazole rings is 1. The van der Waals surface area contributed by atoms with Gasteiger partial charge in [0.25, 0.3) is 5.56 Å². The fourth-order valence-corrected chi connectivity index (χ4v) is 3.40. The summed E-state index contributed by atoms with van der Waals surface area (Å²) in [5.74, 6) is 2.11. The van der Waals surface area contributed by atoms with Crippen LogP contribution in [0.25, 0.3) is 10.9 Å². The van der Waals surface area contributed by atoms with Gasteiger partial charge < -0.3 is 24.1 Å². The third kappa shape index (κ3) is 4.39. The predicted octanol–water partition coefficient (Wildman–Crippen LogP) is -0.258. The lowest BCUT2D eigenvalue weighted by Gasteiger charge is -2.18. The van der Waals surface area contributed by atoms with E-state index in [-0.39, 0.29) is 12.2 Å². The Morgan fingerprint density at radius 3 is 2.93 bits per heavy atom. The Balaban J connectivity index is 1.56. The van der Waals surface area contributed by atoms with Crippen molar-refractivity contribution in [2.45, 2.75) is 19.6 Å². The number of hydrogen-bond acceptors (Lipinski definition) is 7. The summed E-state index contributed by atoms with van der Waals surface area (Å²) in [6, 6.07) is 11.0. The van der Waals surface area contributed by atoms with Gasteiger partial charge in [-0.25, -0.2) is 4.68 Å². The number of nitrogens with zero attached hydrogens (tertiary/aromatic N) is 4. The Morgan fingerprint density at radius 1 is 1.27 bits per heavy atom. The first-order chi connectivity index (χ1) is 14.7. The smallest absolute Gasteiger partial charge is 0.257 e. The van der Waals surface area contributed by atoms with Crippen LogP contribution >= 0.6 is 0 Å². The molecule has 10 heteroatoms. The van der Waals surface area contributed by atoms with Crippen molar-refractivity contribution in [2.24, 2.45) is 0 Å². The van der Waals surface area contributed by atoms with Crippen LogP contribution in [0.4, 0.5) is 0 Å². The summed E-state index contributed by atoms with van der Waals surface area (Å²) < 4.78 is 12.3. The van der Waals surface area contributed by atoms with E-state index >= 15 is 0 Å². The first-order valence-corrected chi connectivity index (χ1v) is 9.58. The number of furan rings is 1. The van der Waals surface area contributed by atoms with Crippen LogP contribution < -0.4 is 15.2 Å². The number of pyridine rings is 1. The van der Waals surface area contributed by atoms with Gasteiger partial charge in [0.2, 0.25) is 5.82 Å². The second kappa shape index (κ2) is 8.89. The summed E-state index contributed by atoms with van der Waals surface area (Å²) in [5, 5.41) is 22.3.